The van der Waals surface area contributed by atoms with Crippen molar-refractivity contribution in [2.24, 2.45) is 0 Å². The van der Waals surface area contributed by atoms with Crippen molar-refractivity contribution in [3.8, 4) is 0 Å². The third kappa shape index (κ3) is 2.52. The summed E-state index contributed by atoms with van der Waals surface area (Å²) < 4.78 is 0. The summed E-state index contributed by atoms with van der Waals surface area (Å²) in [7, 11) is 3.48. The number of hydrogen-bond donors (Lipinski definition) is 2. The van der Waals surface area contributed by atoms with Gasteiger partial charge in [0, 0.05) is 30.1 Å². The molecular weight excluding hydrogens is 236 g/mol. The SMILES string of the molecule is CN(C)C(=O)CSc1cc2[nH]ncc2cc1N. The summed E-state index contributed by atoms with van der Waals surface area (Å²) in [5, 5.41) is 7.80. The largest absolute Gasteiger partial charge is 0.398 e. The van der Waals surface area contributed by atoms with E-state index in [0.29, 0.717) is 11.4 Å². The van der Waals surface area contributed by atoms with Crippen LogP contribution >= 0.6 is 11.8 Å². The molecular formula is C11H14N4OS. The van der Waals surface area contributed by atoms with Crippen LogP contribution in [0, 0.1) is 0 Å². The Kier molecular flexibility index (Phi) is 3.23. The predicted molar refractivity (Wildman–Crippen MR) is 69.9 cm³/mol. The lowest BCUT2D eigenvalue weighted by molar-refractivity contribution is -0.125. The van der Waals surface area contributed by atoms with Crippen LogP contribution in [-0.4, -0.2) is 40.9 Å². The second-order valence-corrected chi connectivity index (χ2v) is 4.94. The van der Waals surface area contributed by atoms with E-state index in [0.717, 1.165) is 15.8 Å². The van der Waals surface area contributed by atoms with Gasteiger partial charge < -0.3 is 10.6 Å². The van der Waals surface area contributed by atoms with Crippen molar-refractivity contribution in [1.29, 1.82) is 0 Å². The number of hydrogen-bond acceptors (Lipinski definition) is 4. The van der Waals surface area contributed by atoms with E-state index in [-0.39, 0.29) is 5.91 Å². The normalized spacial score (nSPS) is 10.7. The fraction of sp³-hybridized carbons (Fsp3) is 0.273. The average Bonchev–Trinajstić information content (AvgIpc) is 2.72. The molecule has 0 fully saturated rings. The van der Waals surface area contributed by atoms with E-state index in [1.54, 1.807) is 25.2 Å². The minimum absolute atomic E-state index is 0.0686. The van der Waals surface area contributed by atoms with Crippen molar-refractivity contribution >= 4 is 34.3 Å². The average molecular weight is 250 g/mol. The van der Waals surface area contributed by atoms with E-state index in [9.17, 15) is 4.79 Å². The van der Waals surface area contributed by atoms with Crippen LogP contribution in [0.15, 0.2) is 23.2 Å². The maximum absolute atomic E-state index is 11.5. The molecule has 0 aliphatic heterocycles. The van der Waals surface area contributed by atoms with Gasteiger partial charge in [-0.25, -0.2) is 0 Å². The molecule has 5 nitrogen and oxygen atoms in total. The van der Waals surface area contributed by atoms with Gasteiger partial charge in [-0.3, -0.25) is 9.89 Å². The van der Waals surface area contributed by atoms with E-state index in [4.69, 9.17) is 5.73 Å². The summed E-state index contributed by atoms with van der Waals surface area (Å²) in [5.41, 5.74) is 7.53. The van der Waals surface area contributed by atoms with Crippen LogP contribution in [0.25, 0.3) is 10.9 Å². The summed E-state index contributed by atoms with van der Waals surface area (Å²) in [6, 6.07) is 3.78. The molecule has 17 heavy (non-hydrogen) atoms. The molecule has 0 aliphatic rings. The number of carbonyl (C=O) groups excluding carboxylic acids is 1. The first kappa shape index (κ1) is 11.8. The lowest BCUT2D eigenvalue weighted by Crippen LogP contribution is -2.23. The first-order valence-electron chi connectivity index (χ1n) is 5.13. The van der Waals surface area contributed by atoms with Crippen molar-refractivity contribution in [3.63, 3.8) is 0 Å². The minimum Gasteiger partial charge on any atom is -0.398 e. The quantitative estimate of drug-likeness (QED) is 0.636. The highest BCUT2D eigenvalue weighted by molar-refractivity contribution is 8.00. The van der Waals surface area contributed by atoms with Crippen molar-refractivity contribution in [2.45, 2.75) is 4.90 Å². The van der Waals surface area contributed by atoms with Gasteiger partial charge in [-0.2, -0.15) is 5.10 Å². The first-order valence-corrected chi connectivity index (χ1v) is 6.12. The van der Waals surface area contributed by atoms with Crippen LogP contribution in [0.5, 0.6) is 0 Å². The zero-order valence-corrected chi connectivity index (χ0v) is 10.5. The Labute approximate surface area is 103 Å². The van der Waals surface area contributed by atoms with Crippen LogP contribution < -0.4 is 5.73 Å². The molecule has 0 atom stereocenters. The van der Waals surface area contributed by atoms with Crippen LogP contribution in [0.2, 0.25) is 0 Å². The Morgan fingerprint density at radius 3 is 3.00 bits per heavy atom. The van der Waals surface area contributed by atoms with E-state index in [1.807, 2.05) is 12.1 Å². The Balaban J connectivity index is 2.17. The summed E-state index contributed by atoms with van der Waals surface area (Å²) >= 11 is 1.44. The molecule has 0 spiro atoms. The number of nitrogens with one attached hydrogen (secondary N) is 1. The van der Waals surface area contributed by atoms with Gasteiger partial charge in [0.2, 0.25) is 5.91 Å². The lowest BCUT2D eigenvalue weighted by Gasteiger charge is -2.10. The van der Waals surface area contributed by atoms with Gasteiger partial charge in [0.15, 0.2) is 0 Å². The molecule has 90 valence electrons. The van der Waals surface area contributed by atoms with Gasteiger partial charge in [0.1, 0.15) is 0 Å². The number of aromatic amines is 1. The van der Waals surface area contributed by atoms with Gasteiger partial charge in [-0.15, -0.1) is 11.8 Å². The van der Waals surface area contributed by atoms with Crippen molar-refractivity contribution < 1.29 is 4.79 Å². The molecule has 0 saturated heterocycles. The fourth-order valence-corrected chi connectivity index (χ4v) is 2.35. The number of anilines is 1. The molecule has 0 bridgehead atoms. The Hall–Kier alpha value is -1.69. The number of fused-ring (bicyclic) bond motifs is 1. The summed E-state index contributed by atoms with van der Waals surface area (Å²) in [6.07, 6.45) is 1.73. The van der Waals surface area contributed by atoms with E-state index < -0.39 is 0 Å². The second-order valence-electron chi connectivity index (χ2n) is 3.92. The second kappa shape index (κ2) is 4.67. The number of nitrogens with two attached hydrogens (primary N) is 1. The van der Waals surface area contributed by atoms with Gasteiger partial charge in [0.05, 0.1) is 17.5 Å². The standard InChI is InChI=1S/C11H14N4OS/c1-15(2)11(16)6-17-10-4-9-7(3-8(10)12)5-13-14-9/h3-5H,6,12H2,1-2H3,(H,13,14). The molecule has 0 unspecified atom stereocenters. The number of aromatic nitrogens is 2. The minimum atomic E-state index is 0.0686. The molecule has 1 amide bonds. The van der Waals surface area contributed by atoms with Crippen molar-refractivity contribution in [1.82, 2.24) is 15.1 Å². The third-order valence-electron chi connectivity index (χ3n) is 2.42. The van der Waals surface area contributed by atoms with E-state index in [1.165, 1.54) is 11.8 Å². The predicted octanol–water partition coefficient (Wildman–Crippen LogP) is 1.33. The highest BCUT2D eigenvalue weighted by atomic mass is 32.2. The number of thioether (sulfide) groups is 1. The molecule has 3 N–H and O–H groups in total. The van der Waals surface area contributed by atoms with Gasteiger partial charge >= 0.3 is 0 Å². The summed E-state index contributed by atoms with van der Waals surface area (Å²) in [6.45, 7) is 0. The van der Waals surface area contributed by atoms with Crippen molar-refractivity contribution in [2.75, 3.05) is 25.6 Å². The number of carbonyl (C=O) groups is 1. The highest BCUT2D eigenvalue weighted by Crippen LogP contribution is 2.29. The molecule has 2 aromatic rings. The van der Waals surface area contributed by atoms with E-state index >= 15 is 0 Å². The Morgan fingerprint density at radius 1 is 1.53 bits per heavy atom. The maximum atomic E-state index is 11.5. The third-order valence-corrected chi connectivity index (χ3v) is 3.48. The Morgan fingerprint density at radius 2 is 2.29 bits per heavy atom. The molecule has 0 radical (unpaired) electrons. The molecule has 0 saturated carbocycles. The van der Waals surface area contributed by atoms with Gasteiger partial charge in [0.25, 0.3) is 0 Å². The smallest absolute Gasteiger partial charge is 0.232 e. The number of nitrogens with zero attached hydrogens (tertiary/aromatic N) is 2. The van der Waals surface area contributed by atoms with Crippen LogP contribution in [-0.2, 0) is 4.79 Å². The molecule has 1 aromatic carbocycles. The molecule has 6 heteroatoms. The number of rotatable bonds is 3. The lowest BCUT2D eigenvalue weighted by atomic mass is 10.2. The molecule has 1 heterocycles. The number of H-pyrrole nitrogens is 1. The topological polar surface area (TPSA) is 75.0 Å². The van der Waals surface area contributed by atoms with Crippen LogP contribution in [0.4, 0.5) is 5.69 Å². The van der Waals surface area contributed by atoms with Crippen LogP contribution in [0.3, 0.4) is 0 Å². The first-order chi connectivity index (χ1) is 8.08. The highest BCUT2D eigenvalue weighted by Gasteiger charge is 2.08. The van der Waals surface area contributed by atoms with Crippen molar-refractivity contribution in [3.05, 3.63) is 18.3 Å². The zero-order chi connectivity index (χ0) is 12.4. The van der Waals surface area contributed by atoms with Gasteiger partial charge in [-0.05, 0) is 12.1 Å². The number of amides is 1. The number of nitrogen functional groups attached to an aromatic ring is 1. The monoisotopic (exact) mass is 250 g/mol. The molecule has 0 aliphatic carbocycles. The van der Waals surface area contributed by atoms with E-state index in [2.05, 4.69) is 10.2 Å². The fourth-order valence-electron chi connectivity index (χ4n) is 1.38. The zero-order valence-electron chi connectivity index (χ0n) is 9.73. The Bertz CT molecular complexity index is 549. The summed E-state index contributed by atoms with van der Waals surface area (Å²) in [5.74, 6) is 0.454. The molecule has 2 rings (SSSR count). The van der Waals surface area contributed by atoms with Gasteiger partial charge in [-0.1, -0.05) is 0 Å². The maximum Gasteiger partial charge on any atom is 0.232 e. The summed E-state index contributed by atoms with van der Waals surface area (Å²) in [4.78, 5) is 14.0. The number of benzene rings is 1. The van der Waals surface area contributed by atoms with Crippen LogP contribution in [0.1, 0.15) is 0 Å². The molecule has 1 aromatic heterocycles.